The van der Waals surface area contributed by atoms with Crippen molar-refractivity contribution in [2.45, 2.75) is 5.41 Å². The Morgan fingerprint density at radius 1 is 0.362 bits per heavy atom. The number of rotatable bonds is 6. The number of fused-ring (bicyclic) bond motifs is 9. The SMILES string of the molecule is c1ccc(-n2c3ccccc3c3ccc(N(c4ccc5c(c4)C(c4ccccc4)(c4ccccc4)c4ccccc4-5)c4ccc5c(c4)oc4ccccc45)cc32)cc1. The van der Waals surface area contributed by atoms with Gasteiger partial charge in [0.05, 0.1) is 16.4 Å². The predicted molar refractivity (Wildman–Crippen MR) is 240 cm³/mol. The lowest BCUT2D eigenvalue weighted by molar-refractivity contribution is 0.669. The first kappa shape index (κ1) is 32.6. The molecule has 0 N–H and O–H groups in total. The Kier molecular flexibility index (Phi) is 7.14. The van der Waals surface area contributed by atoms with Crippen molar-refractivity contribution in [1.29, 1.82) is 0 Å². The molecule has 0 aliphatic heterocycles. The highest BCUT2D eigenvalue weighted by Gasteiger charge is 2.46. The van der Waals surface area contributed by atoms with Crippen LogP contribution in [0.5, 0.6) is 0 Å². The molecule has 1 aliphatic carbocycles. The van der Waals surface area contributed by atoms with Crippen molar-refractivity contribution in [2.24, 2.45) is 0 Å². The molecule has 0 unspecified atom stereocenters. The van der Waals surface area contributed by atoms with Crippen LogP contribution in [0, 0.1) is 0 Å². The predicted octanol–water partition coefficient (Wildman–Crippen LogP) is 14.5. The van der Waals surface area contributed by atoms with Gasteiger partial charge in [0, 0.05) is 50.4 Å². The van der Waals surface area contributed by atoms with Crippen molar-refractivity contribution in [2.75, 3.05) is 4.90 Å². The molecule has 12 rings (SSSR count). The second-order valence-corrected chi connectivity index (χ2v) is 15.3. The van der Waals surface area contributed by atoms with E-state index in [1.807, 2.05) is 12.1 Å². The smallest absolute Gasteiger partial charge is 0.137 e. The molecule has 272 valence electrons. The van der Waals surface area contributed by atoms with E-state index in [2.05, 4.69) is 216 Å². The lowest BCUT2D eigenvalue weighted by Gasteiger charge is -2.35. The average molecular weight is 741 g/mol. The van der Waals surface area contributed by atoms with Gasteiger partial charge in [0.1, 0.15) is 11.2 Å². The van der Waals surface area contributed by atoms with Crippen LogP contribution in [-0.2, 0) is 5.41 Å². The van der Waals surface area contributed by atoms with Crippen molar-refractivity contribution in [3.8, 4) is 16.8 Å². The molecular formula is C55H36N2O. The molecule has 1 aliphatic rings. The zero-order chi connectivity index (χ0) is 38.2. The maximum absolute atomic E-state index is 6.54. The molecule has 0 saturated carbocycles. The van der Waals surface area contributed by atoms with Crippen LogP contribution in [-0.4, -0.2) is 4.57 Å². The lowest BCUT2D eigenvalue weighted by Crippen LogP contribution is -2.28. The fourth-order valence-electron chi connectivity index (χ4n) is 9.83. The van der Waals surface area contributed by atoms with Crippen LogP contribution in [0.1, 0.15) is 22.3 Å². The van der Waals surface area contributed by atoms with E-state index in [4.69, 9.17) is 4.42 Å². The molecule has 0 radical (unpaired) electrons. The Labute approximate surface area is 336 Å². The minimum atomic E-state index is -0.525. The van der Waals surface area contributed by atoms with Crippen LogP contribution in [0.2, 0.25) is 0 Å². The van der Waals surface area contributed by atoms with Gasteiger partial charge in [0.2, 0.25) is 0 Å². The Morgan fingerprint density at radius 2 is 0.897 bits per heavy atom. The van der Waals surface area contributed by atoms with Gasteiger partial charge in [-0.1, -0.05) is 152 Å². The van der Waals surface area contributed by atoms with E-state index in [0.29, 0.717) is 0 Å². The van der Waals surface area contributed by atoms with Crippen molar-refractivity contribution in [1.82, 2.24) is 4.57 Å². The minimum Gasteiger partial charge on any atom is -0.456 e. The van der Waals surface area contributed by atoms with Gasteiger partial charge in [-0.3, -0.25) is 0 Å². The minimum absolute atomic E-state index is 0.525. The molecule has 0 saturated heterocycles. The summed E-state index contributed by atoms with van der Waals surface area (Å²) < 4.78 is 8.93. The standard InChI is InChI=1S/C55H36N2O/c1-4-16-37(17-5-1)55(38-18-6-2-7-19-38)49-25-13-10-22-43(49)44-31-28-40(34-50(44)55)56(42-30-33-48-47-24-12-15-27-53(47)58-54(48)36-42)41-29-32-46-45-23-11-14-26-51(45)57(52(46)35-41)39-20-8-3-9-21-39/h1-36H. The largest absolute Gasteiger partial charge is 0.456 e. The molecule has 0 fully saturated rings. The van der Waals surface area contributed by atoms with E-state index in [1.165, 1.54) is 49.7 Å². The van der Waals surface area contributed by atoms with Crippen LogP contribution in [0.15, 0.2) is 223 Å². The second-order valence-electron chi connectivity index (χ2n) is 15.3. The van der Waals surface area contributed by atoms with Crippen LogP contribution < -0.4 is 4.90 Å². The molecule has 58 heavy (non-hydrogen) atoms. The van der Waals surface area contributed by atoms with E-state index in [9.17, 15) is 0 Å². The second kappa shape index (κ2) is 12.7. The molecular weight excluding hydrogens is 705 g/mol. The van der Waals surface area contributed by atoms with Gasteiger partial charge in [-0.15, -0.1) is 0 Å². The Morgan fingerprint density at radius 3 is 1.67 bits per heavy atom. The van der Waals surface area contributed by atoms with E-state index in [1.54, 1.807) is 0 Å². The first-order chi connectivity index (χ1) is 28.8. The summed E-state index contributed by atoms with van der Waals surface area (Å²) in [6.07, 6.45) is 0. The quantitative estimate of drug-likeness (QED) is 0.169. The number of hydrogen-bond acceptors (Lipinski definition) is 2. The molecule has 2 heterocycles. The molecule has 3 nitrogen and oxygen atoms in total. The van der Waals surface area contributed by atoms with E-state index >= 15 is 0 Å². The van der Waals surface area contributed by atoms with Crippen LogP contribution >= 0.6 is 0 Å². The number of furan rings is 1. The van der Waals surface area contributed by atoms with Gasteiger partial charge < -0.3 is 13.9 Å². The molecule has 0 amide bonds. The fraction of sp³-hybridized carbons (Fsp3) is 0.0182. The third-order valence-corrected chi connectivity index (χ3v) is 12.3. The Hall–Kier alpha value is -7.62. The molecule has 2 aromatic heterocycles. The van der Waals surface area contributed by atoms with Crippen molar-refractivity contribution in [3.63, 3.8) is 0 Å². The summed E-state index contributed by atoms with van der Waals surface area (Å²) in [6, 6.07) is 79.3. The van der Waals surface area contributed by atoms with Gasteiger partial charge in [0.15, 0.2) is 0 Å². The molecule has 9 aromatic carbocycles. The first-order valence-electron chi connectivity index (χ1n) is 19.9. The maximum Gasteiger partial charge on any atom is 0.137 e. The number of anilines is 3. The number of nitrogens with zero attached hydrogens (tertiary/aromatic N) is 2. The highest BCUT2D eigenvalue weighted by atomic mass is 16.3. The van der Waals surface area contributed by atoms with Crippen LogP contribution in [0.3, 0.4) is 0 Å². The van der Waals surface area contributed by atoms with Gasteiger partial charge in [0.25, 0.3) is 0 Å². The normalized spacial score (nSPS) is 13.0. The summed E-state index contributed by atoms with van der Waals surface area (Å²) in [5, 5.41) is 4.67. The topological polar surface area (TPSA) is 21.3 Å². The summed E-state index contributed by atoms with van der Waals surface area (Å²) in [5.41, 5.74) is 15.4. The van der Waals surface area contributed by atoms with Crippen molar-refractivity contribution < 1.29 is 4.42 Å². The number of para-hydroxylation sites is 3. The molecule has 0 bridgehead atoms. The van der Waals surface area contributed by atoms with E-state index in [-0.39, 0.29) is 0 Å². The molecule has 3 heteroatoms. The summed E-state index contributed by atoms with van der Waals surface area (Å²) >= 11 is 0. The zero-order valence-electron chi connectivity index (χ0n) is 31.6. The van der Waals surface area contributed by atoms with Gasteiger partial charge in [-0.2, -0.15) is 0 Å². The highest BCUT2D eigenvalue weighted by Crippen LogP contribution is 2.57. The third-order valence-electron chi connectivity index (χ3n) is 12.3. The van der Waals surface area contributed by atoms with Crippen LogP contribution in [0.4, 0.5) is 17.1 Å². The molecule has 0 atom stereocenters. The van der Waals surface area contributed by atoms with E-state index in [0.717, 1.165) is 50.2 Å². The van der Waals surface area contributed by atoms with Gasteiger partial charge in [-0.25, -0.2) is 0 Å². The molecule has 0 spiro atoms. The lowest BCUT2D eigenvalue weighted by atomic mass is 9.67. The Balaban J connectivity index is 1.15. The highest BCUT2D eigenvalue weighted by molar-refractivity contribution is 6.11. The number of benzene rings is 9. The number of aromatic nitrogens is 1. The van der Waals surface area contributed by atoms with E-state index < -0.39 is 5.41 Å². The van der Waals surface area contributed by atoms with Crippen LogP contribution in [0.25, 0.3) is 60.6 Å². The summed E-state index contributed by atoms with van der Waals surface area (Å²) in [7, 11) is 0. The summed E-state index contributed by atoms with van der Waals surface area (Å²) in [4.78, 5) is 2.41. The summed E-state index contributed by atoms with van der Waals surface area (Å²) in [6.45, 7) is 0. The third kappa shape index (κ3) is 4.68. The fourth-order valence-corrected chi connectivity index (χ4v) is 9.83. The zero-order valence-corrected chi connectivity index (χ0v) is 31.6. The van der Waals surface area contributed by atoms with Gasteiger partial charge in [-0.05, 0) is 94.0 Å². The molecule has 11 aromatic rings. The summed E-state index contributed by atoms with van der Waals surface area (Å²) in [5.74, 6) is 0. The van der Waals surface area contributed by atoms with Crippen molar-refractivity contribution >= 4 is 60.8 Å². The Bertz CT molecular complexity index is 3300. The number of hydrogen-bond donors (Lipinski definition) is 0. The average Bonchev–Trinajstić information content (AvgIpc) is 3.93. The first-order valence-corrected chi connectivity index (χ1v) is 19.9. The maximum atomic E-state index is 6.54. The monoisotopic (exact) mass is 740 g/mol. The van der Waals surface area contributed by atoms with Gasteiger partial charge >= 0.3 is 0 Å². The van der Waals surface area contributed by atoms with Crippen molar-refractivity contribution in [3.05, 3.63) is 241 Å².